The van der Waals surface area contributed by atoms with Crippen LogP contribution in [0.1, 0.15) is 67.2 Å². The van der Waals surface area contributed by atoms with Crippen LogP contribution in [0.3, 0.4) is 0 Å². The summed E-state index contributed by atoms with van der Waals surface area (Å²) in [4.78, 5) is 0. The van der Waals surface area contributed by atoms with Gasteiger partial charge in [-0.1, -0.05) is 40.5 Å². The van der Waals surface area contributed by atoms with Crippen molar-refractivity contribution in [3.05, 3.63) is 46.6 Å². The Labute approximate surface area is 137 Å². The zero-order valence-corrected chi connectivity index (χ0v) is 15.3. The first kappa shape index (κ1) is 20.9. The highest BCUT2D eigenvalue weighted by molar-refractivity contribution is 5.04. The summed E-state index contributed by atoms with van der Waals surface area (Å²) < 4.78 is 5.41. The van der Waals surface area contributed by atoms with Crippen molar-refractivity contribution >= 4 is 0 Å². The van der Waals surface area contributed by atoms with Gasteiger partial charge in [-0.2, -0.15) is 0 Å². The summed E-state index contributed by atoms with van der Waals surface area (Å²) in [6, 6.07) is 0. The Bertz CT molecular complexity index is 417. The van der Waals surface area contributed by atoms with Crippen LogP contribution in [0, 0.1) is 0 Å². The van der Waals surface area contributed by atoms with Crippen LogP contribution in [0.2, 0.25) is 0 Å². The van der Waals surface area contributed by atoms with E-state index in [9.17, 15) is 5.11 Å². The fourth-order valence-electron chi connectivity index (χ4n) is 1.94. The second-order valence-electron chi connectivity index (χ2n) is 6.43. The second-order valence-corrected chi connectivity index (χ2v) is 6.43. The molecule has 0 radical (unpaired) electrons. The molecule has 2 nitrogen and oxygen atoms in total. The van der Waals surface area contributed by atoms with Crippen LogP contribution in [0.5, 0.6) is 0 Å². The molecule has 126 valence electrons. The third-order valence-electron chi connectivity index (χ3n) is 3.31. The molecule has 0 aromatic carbocycles. The first-order chi connectivity index (χ1) is 10.3. The molecule has 0 saturated carbocycles. The van der Waals surface area contributed by atoms with E-state index in [2.05, 4.69) is 52.8 Å². The van der Waals surface area contributed by atoms with Gasteiger partial charge < -0.3 is 9.84 Å². The Morgan fingerprint density at radius 3 is 1.82 bits per heavy atom. The Hall–Kier alpha value is -1.12. The standard InChI is InChI=1S/C20H34O2/c1-16(2)9-7-11-18(5)13-14-22-20(21)15-19(6)12-8-10-17(3)4/h9-10,13,15,20-21H,7-8,11-12,14H2,1-6H3/b18-13-,19-15-. The average molecular weight is 306 g/mol. The maximum atomic E-state index is 9.84. The average Bonchev–Trinajstić information content (AvgIpc) is 2.37. The van der Waals surface area contributed by atoms with E-state index in [-0.39, 0.29) is 0 Å². The predicted octanol–water partition coefficient (Wildman–Crippen LogP) is 5.71. The van der Waals surface area contributed by atoms with Crippen molar-refractivity contribution in [2.75, 3.05) is 6.61 Å². The van der Waals surface area contributed by atoms with Crippen LogP contribution >= 0.6 is 0 Å². The van der Waals surface area contributed by atoms with Crippen LogP contribution in [0.4, 0.5) is 0 Å². The molecule has 0 rings (SSSR count). The lowest BCUT2D eigenvalue weighted by Crippen LogP contribution is -2.09. The molecule has 1 unspecified atom stereocenters. The Kier molecular flexibility index (Phi) is 11.8. The first-order valence-corrected chi connectivity index (χ1v) is 8.20. The van der Waals surface area contributed by atoms with Crippen LogP contribution in [0.15, 0.2) is 46.6 Å². The molecule has 0 aromatic rings. The van der Waals surface area contributed by atoms with Crippen molar-refractivity contribution in [1.82, 2.24) is 0 Å². The number of hydrogen-bond donors (Lipinski definition) is 1. The predicted molar refractivity (Wildman–Crippen MR) is 96.8 cm³/mol. The van der Waals surface area contributed by atoms with E-state index in [4.69, 9.17) is 4.74 Å². The number of aliphatic hydroxyl groups excluding tert-OH is 1. The maximum absolute atomic E-state index is 9.84. The molecule has 1 N–H and O–H groups in total. The smallest absolute Gasteiger partial charge is 0.174 e. The molecule has 22 heavy (non-hydrogen) atoms. The van der Waals surface area contributed by atoms with Crippen LogP contribution in [0.25, 0.3) is 0 Å². The van der Waals surface area contributed by atoms with E-state index >= 15 is 0 Å². The summed E-state index contributed by atoms with van der Waals surface area (Å²) in [5, 5.41) is 9.84. The molecular weight excluding hydrogens is 272 g/mol. The normalized spacial score (nSPS) is 13.8. The van der Waals surface area contributed by atoms with Crippen molar-refractivity contribution in [3.63, 3.8) is 0 Å². The van der Waals surface area contributed by atoms with Gasteiger partial charge in [0.25, 0.3) is 0 Å². The number of aliphatic hydroxyl groups is 1. The van der Waals surface area contributed by atoms with Gasteiger partial charge in [0.2, 0.25) is 0 Å². The number of hydrogen-bond acceptors (Lipinski definition) is 2. The van der Waals surface area contributed by atoms with Crippen LogP contribution in [-0.2, 0) is 4.74 Å². The molecule has 0 aliphatic heterocycles. The molecule has 0 aromatic heterocycles. The van der Waals surface area contributed by atoms with Gasteiger partial charge in [0.05, 0.1) is 6.61 Å². The quantitative estimate of drug-likeness (QED) is 0.414. The van der Waals surface area contributed by atoms with E-state index in [0.29, 0.717) is 6.61 Å². The molecule has 0 heterocycles. The lowest BCUT2D eigenvalue weighted by molar-refractivity contribution is -0.0529. The van der Waals surface area contributed by atoms with Gasteiger partial charge in [-0.15, -0.1) is 0 Å². The Balaban J connectivity index is 4.03. The topological polar surface area (TPSA) is 29.5 Å². The highest BCUT2D eigenvalue weighted by atomic mass is 16.6. The van der Waals surface area contributed by atoms with Gasteiger partial charge in [-0.05, 0) is 73.3 Å². The van der Waals surface area contributed by atoms with E-state index in [1.807, 2.05) is 6.92 Å². The third kappa shape index (κ3) is 13.8. The fraction of sp³-hybridized carbons (Fsp3) is 0.600. The zero-order chi connectivity index (χ0) is 17.0. The minimum Gasteiger partial charge on any atom is -0.365 e. The van der Waals surface area contributed by atoms with Crippen molar-refractivity contribution in [2.45, 2.75) is 73.5 Å². The van der Waals surface area contributed by atoms with Crippen molar-refractivity contribution in [3.8, 4) is 0 Å². The molecule has 0 saturated heterocycles. The molecule has 0 fully saturated rings. The van der Waals surface area contributed by atoms with Gasteiger partial charge in [0.1, 0.15) is 0 Å². The first-order valence-electron chi connectivity index (χ1n) is 8.20. The van der Waals surface area contributed by atoms with E-state index in [1.54, 1.807) is 6.08 Å². The van der Waals surface area contributed by atoms with Gasteiger partial charge >= 0.3 is 0 Å². The minimum absolute atomic E-state index is 0.458. The summed E-state index contributed by atoms with van der Waals surface area (Å²) in [5.74, 6) is 0. The lowest BCUT2D eigenvalue weighted by atomic mass is 10.1. The fourth-order valence-corrected chi connectivity index (χ4v) is 1.94. The summed E-state index contributed by atoms with van der Waals surface area (Å²) in [5.41, 5.74) is 5.15. The minimum atomic E-state index is -0.812. The molecule has 0 amide bonds. The summed E-state index contributed by atoms with van der Waals surface area (Å²) in [6.45, 7) is 13.0. The van der Waals surface area contributed by atoms with Crippen molar-refractivity contribution < 1.29 is 9.84 Å². The zero-order valence-electron chi connectivity index (χ0n) is 15.3. The molecule has 0 aliphatic carbocycles. The summed E-state index contributed by atoms with van der Waals surface area (Å²) in [6.07, 6.45) is 11.6. The van der Waals surface area contributed by atoms with E-state index in [1.165, 1.54) is 16.7 Å². The van der Waals surface area contributed by atoms with Crippen molar-refractivity contribution in [1.29, 1.82) is 0 Å². The van der Waals surface area contributed by atoms with Gasteiger partial charge in [0.15, 0.2) is 6.29 Å². The molecule has 0 spiro atoms. The van der Waals surface area contributed by atoms with Crippen LogP contribution < -0.4 is 0 Å². The maximum Gasteiger partial charge on any atom is 0.174 e. The summed E-state index contributed by atoms with van der Waals surface area (Å²) >= 11 is 0. The van der Waals surface area contributed by atoms with Gasteiger partial charge in [-0.25, -0.2) is 0 Å². The number of ether oxygens (including phenoxy) is 1. The SMILES string of the molecule is CC(C)=CCC/C(C)=C\COC(O)/C=C(/C)CCC=C(C)C. The molecule has 1 atom stereocenters. The van der Waals surface area contributed by atoms with Gasteiger partial charge in [0, 0.05) is 0 Å². The third-order valence-corrected chi connectivity index (χ3v) is 3.31. The molecule has 0 aliphatic rings. The molecule has 0 bridgehead atoms. The second kappa shape index (κ2) is 12.4. The van der Waals surface area contributed by atoms with Gasteiger partial charge in [-0.3, -0.25) is 0 Å². The number of rotatable bonds is 10. The monoisotopic (exact) mass is 306 g/mol. The summed E-state index contributed by atoms with van der Waals surface area (Å²) in [7, 11) is 0. The van der Waals surface area contributed by atoms with E-state index in [0.717, 1.165) is 31.3 Å². The Morgan fingerprint density at radius 2 is 1.32 bits per heavy atom. The largest absolute Gasteiger partial charge is 0.365 e. The molecule has 2 heteroatoms. The van der Waals surface area contributed by atoms with E-state index < -0.39 is 6.29 Å². The lowest BCUT2D eigenvalue weighted by Gasteiger charge is -2.08. The Morgan fingerprint density at radius 1 is 0.818 bits per heavy atom. The molecular formula is C20H34O2. The van der Waals surface area contributed by atoms with Crippen molar-refractivity contribution in [2.24, 2.45) is 0 Å². The highest BCUT2D eigenvalue weighted by Gasteiger charge is 2.00. The number of allylic oxidation sites excluding steroid dienone is 6. The highest BCUT2D eigenvalue weighted by Crippen LogP contribution is 2.09. The van der Waals surface area contributed by atoms with Crippen LogP contribution in [-0.4, -0.2) is 18.0 Å².